The van der Waals surface area contributed by atoms with Crippen LogP contribution in [0.25, 0.3) is 5.82 Å². The van der Waals surface area contributed by atoms with Gasteiger partial charge in [0.25, 0.3) is 0 Å². The van der Waals surface area contributed by atoms with Crippen molar-refractivity contribution < 1.29 is 14.9 Å². The Bertz CT molecular complexity index is 683. The first kappa shape index (κ1) is 13.9. The van der Waals surface area contributed by atoms with Crippen molar-refractivity contribution in [1.82, 2.24) is 24.3 Å². The van der Waals surface area contributed by atoms with Crippen molar-refractivity contribution in [2.75, 3.05) is 6.61 Å². The number of aryl methyl sites for hydroxylation is 1. The van der Waals surface area contributed by atoms with Gasteiger partial charge in [0.05, 0.1) is 12.7 Å². The number of nitrogens with zero attached hydrogens (tertiary/aromatic N) is 5. The molecule has 0 saturated carbocycles. The predicted molar refractivity (Wildman–Crippen MR) is 69.8 cm³/mol. The molecular weight excluding hydrogens is 278 g/mol. The van der Waals surface area contributed by atoms with E-state index in [1.54, 1.807) is 13.1 Å². The molecule has 1 fully saturated rings. The van der Waals surface area contributed by atoms with Gasteiger partial charge in [0.2, 0.25) is 0 Å². The Kier molecular flexibility index (Phi) is 3.53. The summed E-state index contributed by atoms with van der Waals surface area (Å²) < 4.78 is 8.18. The maximum absolute atomic E-state index is 12.1. The standard InChI is InChI=1S/C12H15N5O4/c1-7-3-16(10-2-8(19)9(4-18)21-10)12(20)15-11(7)17-6-13-5-14-17/h3,5-6,8-10,18-19H,2,4H2,1H3/t8-,9+,10+/m1/s1. The van der Waals surface area contributed by atoms with Crippen LogP contribution in [0.3, 0.4) is 0 Å². The molecule has 2 N–H and O–H groups in total. The molecule has 0 unspecified atom stereocenters. The average molecular weight is 293 g/mol. The molecule has 9 nitrogen and oxygen atoms in total. The van der Waals surface area contributed by atoms with E-state index in [0.717, 1.165) is 0 Å². The van der Waals surface area contributed by atoms with Gasteiger partial charge in [-0.25, -0.2) is 14.5 Å². The van der Waals surface area contributed by atoms with Gasteiger partial charge in [-0.05, 0) is 6.92 Å². The summed E-state index contributed by atoms with van der Waals surface area (Å²) in [6.07, 6.45) is 2.52. The summed E-state index contributed by atoms with van der Waals surface area (Å²) in [6.45, 7) is 1.49. The van der Waals surface area contributed by atoms with Crippen LogP contribution in [-0.4, -0.2) is 53.3 Å². The van der Waals surface area contributed by atoms with Gasteiger partial charge in [-0.1, -0.05) is 0 Å². The first-order valence-corrected chi connectivity index (χ1v) is 6.49. The lowest BCUT2D eigenvalue weighted by Crippen LogP contribution is -2.29. The SMILES string of the molecule is Cc1cn([C@@H]2C[C@@H](O)[C@H](CO)O2)c(=O)nc1-n1cncn1. The van der Waals surface area contributed by atoms with Crippen LogP contribution in [0.15, 0.2) is 23.6 Å². The van der Waals surface area contributed by atoms with Crippen molar-refractivity contribution in [2.45, 2.75) is 31.8 Å². The molecule has 1 aliphatic heterocycles. The fourth-order valence-electron chi connectivity index (χ4n) is 2.36. The van der Waals surface area contributed by atoms with Crippen molar-refractivity contribution in [3.05, 3.63) is 34.9 Å². The summed E-state index contributed by atoms with van der Waals surface area (Å²) in [4.78, 5) is 19.9. The van der Waals surface area contributed by atoms with E-state index in [4.69, 9.17) is 9.84 Å². The lowest BCUT2D eigenvalue weighted by atomic mass is 10.2. The quantitative estimate of drug-likeness (QED) is 0.728. The number of aliphatic hydroxyl groups is 2. The van der Waals surface area contributed by atoms with E-state index < -0.39 is 24.1 Å². The third-order valence-corrected chi connectivity index (χ3v) is 3.44. The Morgan fingerprint density at radius 2 is 2.33 bits per heavy atom. The number of aromatic nitrogens is 5. The zero-order valence-corrected chi connectivity index (χ0v) is 11.3. The maximum Gasteiger partial charge on any atom is 0.351 e. The second kappa shape index (κ2) is 5.35. The van der Waals surface area contributed by atoms with Crippen molar-refractivity contribution in [3.63, 3.8) is 0 Å². The van der Waals surface area contributed by atoms with Crippen molar-refractivity contribution in [3.8, 4) is 5.82 Å². The fourth-order valence-corrected chi connectivity index (χ4v) is 2.36. The predicted octanol–water partition coefficient (Wildman–Crippen LogP) is -1.23. The Balaban J connectivity index is 1.95. The molecule has 9 heteroatoms. The van der Waals surface area contributed by atoms with Gasteiger partial charge >= 0.3 is 5.69 Å². The van der Waals surface area contributed by atoms with E-state index in [1.807, 2.05) is 0 Å². The Morgan fingerprint density at radius 3 is 2.95 bits per heavy atom. The molecular formula is C12H15N5O4. The van der Waals surface area contributed by atoms with E-state index in [1.165, 1.54) is 21.9 Å². The first-order valence-electron chi connectivity index (χ1n) is 6.49. The molecule has 0 amide bonds. The molecule has 0 aliphatic carbocycles. The van der Waals surface area contributed by atoms with Crippen LogP contribution in [0.4, 0.5) is 0 Å². The van der Waals surface area contributed by atoms with E-state index in [9.17, 15) is 9.90 Å². The van der Waals surface area contributed by atoms with Gasteiger partial charge in [-0.2, -0.15) is 10.1 Å². The molecule has 1 aliphatic rings. The molecule has 0 spiro atoms. The minimum atomic E-state index is -0.804. The molecule has 21 heavy (non-hydrogen) atoms. The highest BCUT2D eigenvalue weighted by Crippen LogP contribution is 2.27. The normalized spacial score (nSPS) is 25.4. The van der Waals surface area contributed by atoms with Crippen molar-refractivity contribution >= 4 is 0 Å². The second-order valence-electron chi connectivity index (χ2n) is 4.89. The highest BCUT2D eigenvalue weighted by atomic mass is 16.5. The summed E-state index contributed by atoms with van der Waals surface area (Å²) in [5.41, 5.74) is 0.201. The van der Waals surface area contributed by atoms with E-state index in [2.05, 4.69) is 15.1 Å². The molecule has 3 atom stereocenters. The third-order valence-electron chi connectivity index (χ3n) is 3.44. The summed E-state index contributed by atoms with van der Waals surface area (Å²) in [6, 6.07) is 0. The number of ether oxygens (including phenoxy) is 1. The largest absolute Gasteiger partial charge is 0.394 e. The summed E-state index contributed by atoms with van der Waals surface area (Å²) in [5.74, 6) is 0.394. The monoisotopic (exact) mass is 293 g/mol. The number of aliphatic hydroxyl groups excluding tert-OH is 2. The molecule has 2 aromatic rings. The molecule has 1 saturated heterocycles. The molecule has 0 bridgehead atoms. The zero-order valence-electron chi connectivity index (χ0n) is 11.3. The molecule has 3 rings (SSSR count). The summed E-state index contributed by atoms with van der Waals surface area (Å²) in [5, 5.41) is 22.8. The second-order valence-corrected chi connectivity index (χ2v) is 4.89. The number of rotatable bonds is 3. The van der Waals surface area contributed by atoms with Gasteiger partial charge in [0.15, 0.2) is 5.82 Å². The molecule has 0 radical (unpaired) electrons. The molecule has 3 heterocycles. The minimum Gasteiger partial charge on any atom is -0.394 e. The van der Waals surface area contributed by atoms with Gasteiger partial charge in [0, 0.05) is 18.2 Å². The van der Waals surface area contributed by atoms with E-state index >= 15 is 0 Å². The average Bonchev–Trinajstić information content (AvgIpc) is 3.10. The van der Waals surface area contributed by atoms with Crippen LogP contribution in [0.1, 0.15) is 18.2 Å². The van der Waals surface area contributed by atoms with Crippen LogP contribution < -0.4 is 5.69 Å². The lowest BCUT2D eigenvalue weighted by molar-refractivity contribution is -0.0459. The molecule has 112 valence electrons. The van der Waals surface area contributed by atoms with Crippen LogP contribution in [0, 0.1) is 6.92 Å². The summed E-state index contributed by atoms with van der Waals surface area (Å²) >= 11 is 0. The first-order chi connectivity index (χ1) is 10.1. The Labute approximate surface area is 119 Å². The van der Waals surface area contributed by atoms with Crippen molar-refractivity contribution in [1.29, 1.82) is 0 Å². The third kappa shape index (κ3) is 2.46. The highest BCUT2D eigenvalue weighted by molar-refractivity contribution is 5.28. The van der Waals surface area contributed by atoms with Crippen LogP contribution in [-0.2, 0) is 4.74 Å². The van der Waals surface area contributed by atoms with Gasteiger partial charge in [-0.15, -0.1) is 0 Å². The fraction of sp³-hybridized carbons (Fsp3) is 0.500. The van der Waals surface area contributed by atoms with Gasteiger partial charge < -0.3 is 14.9 Å². The topological polar surface area (TPSA) is 115 Å². The summed E-state index contributed by atoms with van der Waals surface area (Å²) in [7, 11) is 0. The lowest BCUT2D eigenvalue weighted by Gasteiger charge is -2.15. The van der Waals surface area contributed by atoms with Gasteiger partial charge in [-0.3, -0.25) is 4.57 Å². The van der Waals surface area contributed by atoms with E-state index in [0.29, 0.717) is 11.4 Å². The number of hydrogen-bond acceptors (Lipinski definition) is 7. The number of hydrogen-bond donors (Lipinski definition) is 2. The molecule has 2 aromatic heterocycles. The van der Waals surface area contributed by atoms with Crippen LogP contribution >= 0.6 is 0 Å². The smallest absolute Gasteiger partial charge is 0.351 e. The maximum atomic E-state index is 12.1. The Morgan fingerprint density at radius 1 is 1.52 bits per heavy atom. The molecule has 0 aromatic carbocycles. The minimum absolute atomic E-state index is 0.231. The zero-order chi connectivity index (χ0) is 15.0. The van der Waals surface area contributed by atoms with Gasteiger partial charge in [0.1, 0.15) is 25.0 Å². The van der Waals surface area contributed by atoms with Crippen LogP contribution in [0.2, 0.25) is 0 Å². The van der Waals surface area contributed by atoms with Crippen LogP contribution in [0.5, 0.6) is 0 Å². The highest BCUT2D eigenvalue weighted by Gasteiger charge is 2.35. The Hall–Kier alpha value is -2.10. The van der Waals surface area contributed by atoms with E-state index in [-0.39, 0.29) is 13.0 Å². The van der Waals surface area contributed by atoms with Crippen molar-refractivity contribution in [2.24, 2.45) is 0 Å².